The van der Waals surface area contributed by atoms with Gasteiger partial charge in [0.25, 0.3) is 0 Å². The second-order valence-corrected chi connectivity index (χ2v) is 5.68. The molecule has 0 atom stereocenters. The Morgan fingerprint density at radius 1 is 1.33 bits per heavy atom. The number of rotatable bonds is 3. The molecule has 1 aromatic rings. The fourth-order valence-corrected chi connectivity index (χ4v) is 2.49. The fraction of sp³-hybridized carbons (Fsp3) is 0.200. The number of urea groups is 1. The highest BCUT2D eigenvalue weighted by molar-refractivity contribution is 7.92. The van der Waals surface area contributed by atoms with Crippen LogP contribution in [0.3, 0.4) is 0 Å². The van der Waals surface area contributed by atoms with Gasteiger partial charge < -0.3 is 11.5 Å². The standard InChI is InChI=1S/C10H13N3O4S/c1-6-4-7(2-3-8(6)11)18(16,17)5-9(14)13-10(12)15/h2-4H,5,11H2,1H3,(H3,12,13,14,15). The van der Waals surface area contributed by atoms with Gasteiger partial charge in [-0.1, -0.05) is 0 Å². The Labute approximate surface area is 104 Å². The summed E-state index contributed by atoms with van der Waals surface area (Å²) in [5.74, 6) is -1.82. The summed E-state index contributed by atoms with van der Waals surface area (Å²) in [5, 5.41) is 1.69. The second kappa shape index (κ2) is 5.05. The molecule has 0 aromatic heterocycles. The van der Waals surface area contributed by atoms with E-state index in [0.29, 0.717) is 11.3 Å². The maximum Gasteiger partial charge on any atom is 0.318 e. The van der Waals surface area contributed by atoms with Gasteiger partial charge in [-0.3, -0.25) is 10.1 Å². The van der Waals surface area contributed by atoms with Crippen LogP contribution >= 0.6 is 0 Å². The summed E-state index contributed by atoms with van der Waals surface area (Å²) in [6.45, 7) is 1.65. The molecule has 18 heavy (non-hydrogen) atoms. The van der Waals surface area contributed by atoms with Crippen molar-refractivity contribution in [1.82, 2.24) is 5.32 Å². The van der Waals surface area contributed by atoms with Crippen LogP contribution in [0.1, 0.15) is 5.56 Å². The molecule has 0 aliphatic rings. The number of nitrogens with two attached hydrogens (primary N) is 2. The number of anilines is 1. The van der Waals surface area contributed by atoms with Crippen LogP contribution in [0.4, 0.5) is 10.5 Å². The van der Waals surface area contributed by atoms with Gasteiger partial charge in [-0.15, -0.1) is 0 Å². The number of hydrogen-bond acceptors (Lipinski definition) is 5. The van der Waals surface area contributed by atoms with Crippen molar-refractivity contribution in [2.24, 2.45) is 5.73 Å². The molecule has 5 N–H and O–H groups in total. The molecule has 0 unspecified atom stereocenters. The number of benzene rings is 1. The molecule has 0 fully saturated rings. The van der Waals surface area contributed by atoms with Crippen molar-refractivity contribution in [3.05, 3.63) is 23.8 Å². The molecule has 8 heteroatoms. The van der Waals surface area contributed by atoms with Gasteiger partial charge >= 0.3 is 6.03 Å². The van der Waals surface area contributed by atoms with E-state index >= 15 is 0 Å². The number of carbonyl (C=O) groups is 2. The molecule has 3 amide bonds. The summed E-state index contributed by atoms with van der Waals surface area (Å²) in [4.78, 5) is 21.6. The molecule has 0 saturated heterocycles. The highest BCUT2D eigenvalue weighted by Gasteiger charge is 2.20. The molecular formula is C10H13N3O4S. The average molecular weight is 271 g/mol. The lowest BCUT2D eigenvalue weighted by molar-refractivity contribution is -0.117. The van der Waals surface area contributed by atoms with Crippen molar-refractivity contribution in [3.8, 4) is 0 Å². The lowest BCUT2D eigenvalue weighted by Crippen LogP contribution is -2.38. The highest BCUT2D eigenvalue weighted by Crippen LogP contribution is 2.17. The van der Waals surface area contributed by atoms with Crippen LogP contribution in [0, 0.1) is 6.92 Å². The third-order valence-electron chi connectivity index (χ3n) is 2.18. The smallest absolute Gasteiger partial charge is 0.318 e. The van der Waals surface area contributed by atoms with Gasteiger partial charge in [0.05, 0.1) is 4.90 Å². The Bertz CT molecular complexity index is 595. The Balaban J connectivity index is 2.96. The largest absolute Gasteiger partial charge is 0.399 e. The third-order valence-corrected chi connectivity index (χ3v) is 3.80. The van der Waals surface area contributed by atoms with Gasteiger partial charge in [0.15, 0.2) is 9.84 Å². The van der Waals surface area contributed by atoms with Crippen LogP contribution in [0.15, 0.2) is 23.1 Å². The summed E-state index contributed by atoms with van der Waals surface area (Å²) < 4.78 is 23.7. The van der Waals surface area contributed by atoms with E-state index < -0.39 is 27.5 Å². The maximum atomic E-state index is 11.8. The predicted molar refractivity (Wildman–Crippen MR) is 65.4 cm³/mol. The molecule has 0 aliphatic carbocycles. The van der Waals surface area contributed by atoms with Gasteiger partial charge in [-0.05, 0) is 30.7 Å². The SMILES string of the molecule is Cc1cc(S(=O)(=O)CC(=O)NC(N)=O)ccc1N. The Morgan fingerprint density at radius 2 is 1.94 bits per heavy atom. The molecule has 0 aliphatic heterocycles. The van der Waals surface area contributed by atoms with Crippen LogP contribution in [-0.2, 0) is 14.6 Å². The van der Waals surface area contributed by atoms with Gasteiger partial charge in [-0.2, -0.15) is 0 Å². The van der Waals surface area contributed by atoms with Crippen LogP contribution in [0.25, 0.3) is 0 Å². The first-order chi connectivity index (χ1) is 8.22. The van der Waals surface area contributed by atoms with Gasteiger partial charge in [0.2, 0.25) is 5.91 Å². The lowest BCUT2D eigenvalue weighted by Gasteiger charge is -2.06. The van der Waals surface area contributed by atoms with Gasteiger partial charge in [0.1, 0.15) is 5.75 Å². The Hall–Kier alpha value is -2.09. The normalized spacial score (nSPS) is 10.9. The molecule has 0 heterocycles. The molecule has 98 valence electrons. The molecule has 7 nitrogen and oxygen atoms in total. The second-order valence-electron chi connectivity index (χ2n) is 3.69. The van der Waals surface area contributed by atoms with Crippen molar-refractivity contribution in [2.75, 3.05) is 11.5 Å². The average Bonchev–Trinajstić information content (AvgIpc) is 2.19. The van der Waals surface area contributed by atoms with Crippen molar-refractivity contribution in [1.29, 1.82) is 0 Å². The maximum absolute atomic E-state index is 11.8. The summed E-state index contributed by atoms with van der Waals surface area (Å²) in [6.07, 6.45) is 0. The topological polar surface area (TPSA) is 132 Å². The van der Waals surface area contributed by atoms with Crippen molar-refractivity contribution in [2.45, 2.75) is 11.8 Å². The van der Waals surface area contributed by atoms with E-state index in [0.717, 1.165) is 0 Å². The number of aryl methyl sites for hydroxylation is 1. The van der Waals surface area contributed by atoms with E-state index in [9.17, 15) is 18.0 Å². The Kier molecular flexibility index (Phi) is 3.92. The first-order valence-electron chi connectivity index (χ1n) is 4.90. The van der Waals surface area contributed by atoms with Crippen molar-refractivity contribution in [3.63, 3.8) is 0 Å². The first-order valence-corrected chi connectivity index (χ1v) is 6.56. The number of nitrogen functional groups attached to an aromatic ring is 1. The zero-order chi connectivity index (χ0) is 13.9. The van der Waals surface area contributed by atoms with E-state index in [2.05, 4.69) is 0 Å². The first kappa shape index (κ1) is 14.0. The number of carbonyl (C=O) groups excluding carboxylic acids is 2. The number of imide groups is 1. The van der Waals surface area contributed by atoms with Crippen LogP contribution in [0.5, 0.6) is 0 Å². The van der Waals surface area contributed by atoms with Gasteiger partial charge in [-0.25, -0.2) is 13.2 Å². The minimum Gasteiger partial charge on any atom is -0.399 e. The van der Waals surface area contributed by atoms with Crippen LogP contribution < -0.4 is 16.8 Å². The van der Waals surface area contributed by atoms with Crippen LogP contribution in [0.2, 0.25) is 0 Å². The fourth-order valence-electron chi connectivity index (χ4n) is 1.27. The highest BCUT2D eigenvalue weighted by atomic mass is 32.2. The molecular weight excluding hydrogens is 258 g/mol. The number of primary amides is 1. The molecule has 1 rings (SSSR count). The van der Waals surface area contributed by atoms with E-state index in [1.165, 1.54) is 18.2 Å². The lowest BCUT2D eigenvalue weighted by atomic mass is 10.2. The summed E-state index contributed by atoms with van der Waals surface area (Å²) in [6, 6.07) is 3.01. The molecule has 0 radical (unpaired) electrons. The Morgan fingerprint density at radius 3 is 2.44 bits per heavy atom. The minimum absolute atomic E-state index is 0.0335. The molecule has 0 bridgehead atoms. The predicted octanol–water partition coefficient (Wildman–Crippen LogP) is -0.454. The van der Waals surface area contributed by atoms with E-state index in [4.69, 9.17) is 11.5 Å². The number of sulfone groups is 1. The molecule has 1 aromatic carbocycles. The van der Waals surface area contributed by atoms with E-state index in [-0.39, 0.29) is 4.90 Å². The summed E-state index contributed by atoms with van der Waals surface area (Å²) >= 11 is 0. The minimum atomic E-state index is -3.82. The number of hydrogen-bond donors (Lipinski definition) is 3. The van der Waals surface area contributed by atoms with E-state index in [1.807, 2.05) is 0 Å². The zero-order valence-electron chi connectivity index (χ0n) is 9.64. The summed E-state index contributed by atoms with van der Waals surface area (Å²) in [5.41, 5.74) is 11.3. The van der Waals surface area contributed by atoms with Gasteiger partial charge in [0, 0.05) is 5.69 Å². The zero-order valence-corrected chi connectivity index (χ0v) is 10.5. The number of amides is 3. The monoisotopic (exact) mass is 271 g/mol. The van der Waals surface area contributed by atoms with Crippen molar-refractivity contribution < 1.29 is 18.0 Å². The van der Waals surface area contributed by atoms with Crippen LogP contribution in [-0.4, -0.2) is 26.1 Å². The quantitative estimate of drug-likeness (QED) is 0.640. The summed E-state index contributed by atoms with van der Waals surface area (Å²) in [7, 11) is -3.82. The molecule has 0 saturated carbocycles. The number of nitrogens with one attached hydrogen (secondary N) is 1. The molecule has 0 spiro atoms. The van der Waals surface area contributed by atoms with Crippen molar-refractivity contribution >= 4 is 27.5 Å². The van der Waals surface area contributed by atoms with E-state index in [1.54, 1.807) is 12.2 Å². The third kappa shape index (κ3) is 3.45.